The summed E-state index contributed by atoms with van der Waals surface area (Å²) in [6, 6.07) is 11.8. The lowest BCUT2D eigenvalue weighted by atomic mass is 10.0. The van der Waals surface area contributed by atoms with Gasteiger partial charge in [0, 0.05) is 18.2 Å². The maximum atomic E-state index is 13.5. The number of nitrogens with zero attached hydrogens (tertiary/aromatic N) is 2. The number of methoxy groups -OCH3 is 1. The van der Waals surface area contributed by atoms with E-state index in [1.54, 1.807) is 12.1 Å². The molecule has 36 heavy (non-hydrogen) atoms. The van der Waals surface area contributed by atoms with Gasteiger partial charge in [0.1, 0.15) is 17.8 Å². The highest BCUT2D eigenvalue weighted by Crippen LogP contribution is 2.31. The quantitative estimate of drug-likeness (QED) is 0.373. The molecule has 2 atom stereocenters. The van der Waals surface area contributed by atoms with Crippen LogP contribution in [-0.4, -0.2) is 53.5 Å². The third-order valence-electron chi connectivity index (χ3n) is 6.03. The molecule has 1 saturated heterocycles. The summed E-state index contributed by atoms with van der Waals surface area (Å²) in [6.07, 6.45) is 0.827. The van der Waals surface area contributed by atoms with E-state index in [9.17, 15) is 19.2 Å². The van der Waals surface area contributed by atoms with Gasteiger partial charge in [0.25, 0.3) is 5.91 Å². The van der Waals surface area contributed by atoms with Crippen LogP contribution in [0.1, 0.15) is 33.2 Å². The van der Waals surface area contributed by atoms with Gasteiger partial charge in [0.05, 0.1) is 13.7 Å². The SMILES string of the molecule is COC(=O)c1csc(NC(=O)[C@H](Cc2ccccc2)N2C(=O)NC(c3ccc4c(c3)CCO4)C2=O)n1. The number of nitrogens with one attached hydrogen (secondary N) is 2. The number of amides is 4. The number of rotatable bonds is 7. The fourth-order valence-electron chi connectivity index (χ4n) is 4.26. The monoisotopic (exact) mass is 506 g/mol. The second kappa shape index (κ2) is 9.78. The van der Waals surface area contributed by atoms with E-state index in [-0.39, 0.29) is 17.2 Å². The predicted molar refractivity (Wildman–Crippen MR) is 130 cm³/mol. The van der Waals surface area contributed by atoms with Gasteiger partial charge >= 0.3 is 12.0 Å². The topological polar surface area (TPSA) is 127 Å². The minimum absolute atomic E-state index is 0.0491. The first-order valence-electron chi connectivity index (χ1n) is 11.2. The number of ether oxygens (including phenoxy) is 2. The number of hydrogen-bond donors (Lipinski definition) is 2. The molecule has 3 heterocycles. The number of urea groups is 1. The Bertz CT molecular complexity index is 1340. The van der Waals surface area contributed by atoms with E-state index in [2.05, 4.69) is 20.4 Å². The molecule has 2 N–H and O–H groups in total. The fourth-order valence-corrected chi connectivity index (χ4v) is 4.94. The molecule has 0 aliphatic carbocycles. The summed E-state index contributed by atoms with van der Waals surface area (Å²) in [5, 5.41) is 6.96. The summed E-state index contributed by atoms with van der Waals surface area (Å²) in [5.74, 6) is -0.992. The largest absolute Gasteiger partial charge is 0.493 e. The number of carbonyl (C=O) groups excluding carboxylic acids is 4. The number of hydrogen-bond acceptors (Lipinski definition) is 8. The molecule has 2 aliphatic heterocycles. The van der Waals surface area contributed by atoms with E-state index < -0.39 is 35.9 Å². The van der Waals surface area contributed by atoms with E-state index in [1.807, 2.05) is 36.4 Å². The Kier molecular flexibility index (Phi) is 6.38. The van der Waals surface area contributed by atoms with Crippen molar-refractivity contribution in [2.75, 3.05) is 19.0 Å². The smallest absolute Gasteiger partial charge is 0.357 e. The Hall–Kier alpha value is -4.25. The van der Waals surface area contributed by atoms with Crippen molar-refractivity contribution >= 4 is 40.3 Å². The van der Waals surface area contributed by atoms with Crippen LogP contribution in [0.4, 0.5) is 9.93 Å². The Morgan fingerprint density at radius 2 is 2.06 bits per heavy atom. The minimum atomic E-state index is -1.15. The van der Waals surface area contributed by atoms with Crippen LogP contribution in [0.15, 0.2) is 53.9 Å². The van der Waals surface area contributed by atoms with Crippen molar-refractivity contribution < 1.29 is 28.7 Å². The van der Waals surface area contributed by atoms with Crippen LogP contribution >= 0.6 is 11.3 Å². The number of benzene rings is 2. The molecule has 0 saturated carbocycles. The molecule has 3 aromatic rings. The zero-order chi connectivity index (χ0) is 25.2. The van der Waals surface area contributed by atoms with Crippen molar-refractivity contribution in [2.45, 2.75) is 24.9 Å². The predicted octanol–water partition coefficient (Wildman–Crippen LogP) is 2.71. The lowest BCUT2D eigenvalue weighted by molar-refractivity contribution is -0.134. The molecule has 184 valence electrons. The number of thiazole rings is 1. The average molecular weight is 507 g/mol. The van der Waals surface area contributed by atoms with Gasteiger partial charge in [-0.05, 0) is 28.8 Å². The molecular formula is C25H22N4O6S. The van der Waals surface area contributed by atoms with Gasteiger partial charge in [0.15, 0.2) is 10.8 Å². The van der Waals surface area contributed by atoms with E-state index >= 15 is 0 Å². The Morgan fingerprint density at radius 3 is 2.83 bits per heavy atom. The summed E-state index contributed by atoms with van der Waals surface area (Å²) in [5.41, 5.74) is 2.41. The number of aromatic nitrogens is 1. The van der Waals surface area contributed by atoms with Crippen LogP contribution in [0.3, 0.4) is 0 Å². The first kappa shape index (κ1) is 23.5. The summed E-state index contributed by atoms with van der Waals surface area (Å²) in [7, 11) is 1.23. The molecule has 1 aromatic heterocycles. The van der Waals surface area contributed by atoms with Gasteiger partial charge in [-0.25, -0.2) is 19.5 Å². The van der Waals surface area contributed by atoms with Crippen LogP contribution in [-0.2, 0) is 27.2 Å². The van der Waals surface area contributed by atoms with Crippen molar-refractivity contribution in [3.05, 3.63) is 76.3 Å². The fraction of sp³-hybridized carbons (Fsp3) is 0.240. The van der Waals surface area contributed by atoms with Gasteiger partial charge in [0.2, 0.25) is 5.91 Å². The van der Waals surface area contributed by atoms with Crippen molar-refractivity contribution in [1.82, 2.24) is 15.2 Å². The summed E-state index contributed by atoms with van der Waals surface area (Å²) in [6.45, 7) is 0.573. The number of carbonyl (C=O) groups is 4. The summed E-state index contributed by atoms with van der Waals surface area (Å²) < 4.78 is 10.2. The van der Waals surface area contributed by atoms with Crippen LogP contribution in [0.2, 0.25) is 0 Å². The maximum Gasteiger partial charge on any atom is 0.357 e. The molecule has 5 rings (SSSR count). The lowest BCUT2D eigenvalue weighted by Gasteiger charge is -2.24. The van der Waals surface area contributed by atoms with Crippen molar-refractivity contribution in [3.63, 3.8) is 0 Å². The second-order valence-electron chi connectivity index (χ2n) is 8.28. The highest BCUT2D eigenvalue weighted by atomic mass is 32.1. The van der Waals surface area contributed by atoms with E-state index in [0.29, 0.717) is 12.2 Å². The molecule has 0 radical (unpaired) electrons. The third kappa shape index (κ3) is 4.52. The van der Waals surface area contributed by atoms with E-state index in [0.717, 1.165) is 39.5 Å². The number of fused-ring (bicyclic) bond motifs is 1. The van der Waals surface area contributed by atoms with Gasteiger partial charge in [-0.15, -0.1) is 11.3 Å². The highest BCUT2D eigenvalue weighted by Gasteiger charge is 2.45. The Balaban J connectivity index is 1.42. The first-order valence-corrected chi connectivity index (χ1v) is 12.1. The van der Waals surface area contributed by atoms with Crippen molar-refractivity contribution in [3.8, 4) is 5.75 Å². The normalized spacial score (nSPS) is 17.2. The molecule has 10 nitrogen and oxygen atoms in total. The molecule has 2 aromatic carbocycles. The number of esters is 1. The molecule has 4 amide bonds. The molecule has 2 aliphatic rings. The number of imide groups is 1. The zero-order valence-electron chi connectivity index (χ0n) is 19.2. The third-order valence-corrected chi connectivity index (χ3v) is 6.79. The molecule has 1 fully saturated rings. The molecule has 11 heteroatoms. The van der Waals surface area contributed by atoms with E-state index in [1.165, 1.54) is 12.5 Å². The molecule has 0 bridgehead atoms. The van der Waals surface area contributed by atoms with Crippen LogP contribution in [0.25, 0.3) is 0 Å². The Labute approximate surface area is 210 Å². The summed E-state index contributed by atoms with van der Waals surface area (Å²) in [4.78, 5) is 56.7. The first-order chi connectivity index (χ1) is 17.4. The Morgan fingerprint density at radius 1 is 1.25 bits per heavy atom. The van der Waals surface area contributed by atoms with E-state index in [4.69, 9.17) is 4.74 Å². The molecule has 0 spiro atoms. The van der Waals surface area contributed by atoms with Crippen molar-refractivity contribution in [1.29, 1.82) is 0 Å². The maximum absolute atomic E-state index is 13.5. The standard InChI is InChI=1S/C25H22N4O6S/c1-34-23(32)17-13-36-24(26-17)28-21(30)18(11-14-5-3-2-4-6-14)29-22(31)20(27-25(29)33)16-7-8-19-15(12-16)9-10-35-19/h2-8,12-13,18,20H,9-11H2,1H3,(H,27,33)(H,26,28,30)/t18-,20?/m0/s1. The minimum Gasteiger partial charge on any atom is -0.493 e. The van der Waals surface area contributed by atoms with Gasteiger partial charge in [-0.2, -0.15) is 0 Å². The van der Waals surface area contributed by atoms with Crippen LogP contribution in [0.5, 0.6) is 5.75 Å². The van der Waals surface area contributed by atoms with Gasteiger partial charge in [-0.3, -0.25) is 9.59 Å². The number of anilines is 1. The molecular weight excluding hydrogens is 484 g/mol. The van der Waals surface area contributed by atoms with Crippen molar-refractivity contribution in [2.24, 2.45) is 0 Å². The lowest BCUT2D eigenvalue weighted by Crippen LogP contribution is -2.49. The van der Waals surface area contributed by atoms with Gasteiger partial charge < -0.3 is 20.1 Å². The second-order valence-corrected chi connectivity index (χ2v) is 9.14. The van der Waals surface area contributed by atoms with Crippen LogP contribution < -0.4 is 15.4 Å². The van der Waals surface area contributed by atoms with Gasteiger partial charge in [-0.1, -0.05) is 36.4 Å². The van der Waals surface area contributed by atoms with Crippen LogP contribution in [0, 0.1) is 0 Å². The highest BCUT2D eigenvalue weighted by molar-refractivity contribution is 7.14. The average Bonchev–Trinajstić information content (AvgIpc) is 3.61. The summed E-state index contributed by atoms with van der Waals surface area (Å²) >= 11 is 1.04. The zero-order valence-corrected chi connectivity index (χ0v) is 20.0. The molecule has 1 unspecified atom stereocenters.